The summed E-state index contributed by atoms with van der Waals surface area (Å²) < 4.78 is 1.58. The lowest BCUT2D eigenvalue weighted by Gasteiger charge is -2.27. The molecule has 2 heterocycles. The Balaban J connectivity index is 1.85. The number of phenols is 1. The lowest BCUT2D eigenvalue weighted by atomic mass is 10.0. The summed E-state index contributed by atoms with van der Waals surface area (Å²) in [6.45, 7) is 6.57. The van der Waals surface area contributed by atoms with Crippen LogP contribution in [0.2, 0.25) is 0 Å². The zero-order chi connectivity index (χ0) is 16.4. The van der Waals surface area contributed by atoms with E-state index in [9.17, 15) is 9.90 Å². The molecule has 5 nitrogen and oxygen atoms in total. The number of pyridine rings is 1. The number of phenolic OH excluding ortho intramolecular Hbond substituents is 1. The average molecular weight is 313 g/mol. The minimum atomic E-state index is 0.00769. The normalized spacial score (nSPS) is 15.7. The predicted octanol–water partition coefficient (Wildman–Crippen LogP) is 1.47. The molecule has 0 bridgehead atoms. The van der Waals surface area contributed by atoms with Gasteiger partial charge in [0.15, 0.2) is 0 Å². The van der Waals surface area contributed by atoms with Gasteiger partial charge in [-0.3, -0.25) is 9.69 Å². The van der Waals surface area contributed by atoms with Crippen LogP contribution >= 0.6 is 0 Å². The molecule has 1 aromatic carbocycles. The highest BCUT2D eigenvalue weighted by atomic mass is 16.3. The Kier molecular flexibility index (Phi) is 4.50. The Hall–Kier alpha value is -2.11. The highest BCUT2D eigenvalue weighted by Gasteiger charge is 2.13. The first-order valence-electron chi connectivity index (χ1n) is 7.97. The van der Waals surface area contributed by atoms with Gasteiger partial charge in [0.1, 0.15) is 5.75 Å². The Labute approximate surface area is 136 Å². The predicted molar refractivity (Wildman–Crippen MR) is 91.7 cm³/mol. The van der Waals surface area contributed by atoms with Crippen LogP contribution in [0.5, 0.6) is 5.75 Å². The molecular weight excluding hydrogens is 290 g/mol. The molecule has 0 saturated carbocycles. The number of aryl methyl sites for hydroxylation is 2. The van der Waals surface area contributed by atoms with Crippen LogP contribution in [0.3, 0.4) is 0 Å². The Morgan fingerprint density at radius 2 is 1.91 bits per heavy atom. The van der Waals surface area contributed by atoms with Crippen molar-refractivity contribution in [2.45, 2.75) is 13.5 Å². The first kappa shape index (κ1) is 15.8. The molecule has 0 spiro atoms. The fraction of sp³-hybridized carbons (Fsp3) is 0.389. The maximum absolute atomic E-state index is 11.8. The van der Waals surface area contributed by atoms with Gasteiger partial charge in [0, 0.05) is 57.1 Å². The lowest BCUT2D eigenvalue weighted by Crippen LogP contribution is -2.42. The zero-order valence-corrected chi connectivity index (χ0v) is 13.7. The molecule has 3 rings (SSSR count). The van der Waals surface area contributed by atoms with Gasteiger partial charge in [-0.05, 0) is 30.2 Å². The third-order valence-electron chi connectivity index (χ3n) is 4.38. The second-order valence-corrected chi connectivity index (χ2v) is 6.20. The van der Waals surface area contributed by atoms with Crippen LogP contribution in [0.25, 0.3) is 11.1 Å². The van der Waals surface area contributed by atoms with Gasteiger partial charge in [-0.25, -0.2) is 0 Å². The minimum absolute atomic E-state index is 0.00769. The van der Waals surface area contributed by atoms with Gasteiger partial charge in [-0.1, -0.05) is 12.1 Å². The highest BCUT2D eigenvalue weighted by Crippen LogP contribution is 2.27. The monoisotopic (exact) mass is 313 g/mol. The van der Waals surface area contributed by atoms with Crippen LogP contribution in [-0.2, 0) is 13.6 Å². The van der Waals surface area contributed by atoms with Gasteiger partial charge in [-0.2, -0.15) is 0 Å². The first-order valence-corrected chi connectivity index (χ1v) is 7.97. The third-order valence-corrected chi connectivity index (χ3v) is 4.38. The quantitative estimate of drug-likeness (QED) is 0.901. The highest BCUT2D eigenvalue weighted by molar-refractivity contribution is 5.65. The van der Waals surface area contributed by atoms with Crippen molar-refractivity contribution >= 4 is 0 Å². The Bertz CT molecular complexity index is 735. The van der Waals surface area contributed by atoms with E-state index < -0.39 is 0 Å². The maximum atomic E-state index is 11.8. The van der Waals surface area contributed by atoms with Crippen molar-refractivity contribution in [2.24, 2.45) is 7.05 Å². The molecule has 1 aliphatic heterocycles. The summed E-state index contributed by atoms with van der Waals surface area (Å²) in [7, 11) is 1.75. The minimum Gasteiger partial charge on any atom is -0.508 e. The average Bonchev–Trinajstić information content (AvgIpc) is 2.55. The largest absolute Gasteiger partial charge is 0.508 e. The van der Waals surface area contributed by atoms with Gasteiger partial charge in [0.05, 0.1) is 0 Å². The summed E-state index contributed by atoms with van der Waals surface area (Å²) in [5.74, 6) is 0.313. The van der Waals surface area contributed by atoms with E-state index in [-0.39, 0.29) is 5.56 Å². The first-order chi connectivity index (χ1) is 11.0. The van der Waals surface area contributed by atoms with E-state index >= 15 is 0 Å². The molecule has 1 fully saturated rings. The third kappa shape index (κ3) is 3.46. The van der Waals surface area contributed by atoms with Gasteiger partial charge in [0.25, 0.3) is 5.56 Å². The van der Waals surface area contributed by atoms with E-state index in [0.717, 1.165) is 49.4 Å². The van der Waals surface area contributed by atoms with E-state index in [1.165, 1.54) is 0 Å². The van der Waals surface area contributed by atoms with E-state index in [0.29, 0.717) is 11.3 Å². The van der Waals surface area contributed by atoms with Gasteiger partial charge in [-0.15, -0.1) is 0 Å². The second kappa shape index (κ2) is 6.56. The number of hydrogen-bond acceptors (Lipinski definition) is 4. The van der Waals surface area contributed by atoms with E-state index in [2.05, 4.69) is 10.2 Å². The van der Waals surface area contributed by atoms with Crippen molar-refractivity contribution in [3.05, 3.63) is 51.9 Å². The number of rotatable bonds is 3. The van der Waals surface area contributed by atoms with Crippen LogP contribution in [-0.4, -0.2) is 40.8 Å². The van der Waals surface area contributed by atoms with E-state index in [4.69, 9.17) is 0 Å². The molecule has 0 unspecified atom stereocenters. The van der Waals surface area contributed by atoms with E-state index in [1.807, 2.05) is 25.1 Å². The fourth-order valence-electron chi connectivity index (χ4n) is 3.02. The molecular formula is C18H23N3O2. The number of aromatic hydroxyl groups is 1. The summed E-state index contributed by atoms with van der Waals surface area (Å²) >= 11 is 0. The molecule has 0 amide bonds. The summed E-state index contributed by atoms with van der Waals surface area (Å²) in [5.41, 5.74) is 3.51. The number of aromatic nitrogens is 1. The van der Waals surface area contributed by atoms with Crippen molar-refractivity contribution in [3.8, 4) is 16.9 Å². The zero-order valence-electron chi connectivity index (χ0n) is 13.7. The molecule has 1 saturated heterocycles. The molecule has 0 aliphatic carbocycles. The van der Waals surface area contributed by atoms with Crippen LogP contribution in [0.1, 0.15) is 11.1 Å². The van der Waals surface area contributed by atoms with Crippen molar-refractivity contribution in [1.29, 1.82) is 0 Å². The van der Waals surface area contributed by atoms with Crippen LogP contribution in [0.4, 0.5) is 0 Å². The van der Waals surface area contributed by atoms with Crippen molar-refractivity contribution in [3.63, 3.8) is 0 Å². The smallest absolute Gasteiger partial charge is 0.253 e. The topological polar surface area (TPSA) is 57.5 Å². The maximum Gasteiger partial charge on any atom is 0.253 e. The number of piperazine rings is 1. The van der Waals surface area contributed by atoms with E-state index in [1.54, 1.807) is 23.9 Å². The number of nitrogens with one attached hydrogen (secondary N) is 1. The molecule has 122 valence electrons. The molecule has 2 aromatic rings. The lowest BCUT2D eigenvalue weighted by molar-refractivity contribution is 0.230. The molecule has 23 heavy (non-hydrogen) atoms. The van der Waals surface area contributed by atoms with Crippen molar-refractivity contribution in [1.82, 2.24) is 14.8 Å². The summed E-state index contributed by atoms with van der Waals surface area (Å²) in [4.78, 5) is 14.1. The second-order valence-electron chi connectivity index (χ2n) is 6.20. The number of hydrogen-bond donors (Lipinski definition) is 2. The van der Waals surface area contributed by atoms with Crippen LogP contribution < -0.4 is 10.9 Å². The summed E-state index contributed by atoms with van der Waals surface area (Å²) in [6.07, 6.45) is 1.81. The summed E-state index contributed by atoms with van der Waals surface area (Å²) in [6, 6.07) is 7.65. The Morgan fingerprint density at radius 1 is 1.17 bits per heavy atom. The van der Waals surface area contributed by atoms with Gasteiger partial charge in [0.2, 0.25) is 0 Å². The van der Waals surface area contributed by atoms with Gasteiger partial charge >= 0.3 is 0 Å². The molecule has 0 atom stereocenters. The summed E-state index contributed by atoms with van der Waals surface area (Å²) in [5, 5.41) is 13.7. The number of benzene rings is 1. The molecule has 5 heteroatoms. The standard InChI is InChI=1S/C18H23N3O2/c1-13-9-16(11-20(2)18(13)23)14-3-4-15(17(22)10-14)12-21-7-5-19-6-8-21/h3-4,9-11,19,22H,5-8,12H2,1-2H3. The van der Waals surface area contributed by atoms with Crippen LogP contribution in [0, 0.1) is 6.92 Å². The van der Waals surface area contributed by atoms with Crippen molar-refractivity contribution in [2.75, 3.05) is 26.2 Å². The molecule has 1 aromatic heterocycles. The van der Waals surface area contributed by atoms with Gasteiger partial charge < -0.3 is 15.0 Å². The van der Waals surface area contributed by atoms with Crippen LogP contribution in [0.15, 0.2) is 35.3 Å². The van der Waals surface area contributed by atoms with Crippen molar-refractivity contribution < 1.29 is 5.11 Å². The fourth-order valence-corrected chi connectivity index (χ4v) is 3.02. The molecule has 0 radical (unpaired) electrons. The molecule has 2 N–H and O–H groups in total. The SMILES string of the molecule is Cc1cc(-c2ccc(CN3CCNCC3)c(O)c2)cn(C)c1=O. The molecule has 1 aliphatic rings. The Morgan fingerprint density at radius 3 is 2.57 bits per heavy atom. The number of nitrogens with zero attached hydrogens (tertiary/aromatic N) is 2.